The molecule has 0 atom stereocenters. The number of ether oxygens (including phenoxy) is 1. The third-order valence-electron chi connectivity index (χ3n) is 2.88. The maximum Gasteiger partial charge on any atom is 0.331 e. The Morgan fingerprint density at radius 3 is 2.82 bits per heavy atom. The Bertz CT molecular complexity index is 662. The standard InChI is InChI=1S/C16H17N3O3/c1-17-15(20)12-22-16(21)8-7-14-9-18-19(11-14)10-13-5-3-2-4-6-13/h2-9,11H,10,12H2,1H3,(H,17,20)/b8-7+. The first-order chi connectivity index (χ1) is 10.7. The molecule has 0 bridgehead atoms. The highest BCUT2D eigenvalue weighted by molar-refractivity contribution is 5.89. The Hall–Kier alpha value is -2.89. The molecule has 1 amide bonds. The van der Waals surface area contributed by atoms with E-state index in [2.05, 4.69) is 10.4 Å². The summed E-state index contributed by atoms with van der Waals surface area (Å²) in [6.45, 7) is 0.378. The lowest BCUT2D eigenvalue weighted by molar-refractivity contribution is -0.143. The first-order valence-corrected chi connectivity index (χ1v) is 6.79. The Morgan fingerprint density at radius 1 is 1.32 bits per heavy atom. The number of aromatic nitrogens is 2. The third-order valence-corrected chi connectivity index (χ3v) is 2.88. The second-order valence-electron chi connectivity index (χ2n) is 4.57. The van der Waals surface area contributed by atoms with Crippen molar-refractivity contribution >= 4 is 18.0 Å². The number of carbonyl (C=O) groups is 2. The van der Waals surface area contributed by atoms with Crippen LogP contribution in [0.5, 0.6) is 0 Å². The Kier molecular flexibility index (Phi) is 5.48. The van der Waals surface area contributed by atoms with E-state index in [9.17, 15) is 9.59 Å². The van der Waals surface area contributed by atoms with Crippen molar-refractivity contribution in [2.45, 2.75) is 6.54 Å². The average molecular weight is 299 g/mol. The van der Waals surface area contributed by atoms with Crippen LogP contribution in [0.2, 0.25) is 0 Å². The molecule has 0 saturated heterocycles. The fourth-order valence-electron chi connectivity index (χ4n) is 1.74. The number of nitrogens with zero attached hydrogens (tertiary/aromatic N) is 2. The Labute approximate surface area is 128 Å². The topological polar surface area (TPSA) is 73.2 Å². The molecule has 22 heavy (non-hydrogen) atoms. The molecular formula is C16H17N3O3. The molecule has 6 heteroatoms. The lowest BCUT2D eigenvalue weighted by atomic mass is 10.2. The second kappa shape index (κ2) is 7.78. The zero-order valence-corrected chi connectivity index (χ0v) is 12.2. The van der Waals surface area contributed by atoms with Crippen LogP contribution in [0, 0.1) is 0 Å². The number of nitrogens with one attached hydrogen (secondary N) is 1. The number of rotatable bonds is 6. The number of esters is 1. The van der Waals surface area contributed by atoms with E-state index in [0.717, 1.165) is 11.1 Å². The van der Waals surface area contributed by atoms with Gasteiger partial charge in [0.05, 0.1) is 12.7 Å². The Morgan fingerprint density at radius 2 is 2.09 bits per heavy atom. The highest BCUT2D eigenvalue weighted by atomic mass is 16.5. The summed E-state index contributed by atoms with van der Waals surface area (Å²) in [5.74, 6) is -0.920. The van der Waals surface area contributed by atoms with Crippen molar-refractivity contribution in [3.05, 3.63) is 59.9 Å². The molecule has 0 radical (unpaired) electrons. The molecule has 0 fully saturated rings. The maximum atomic E-state index is 11.4. The molecule has 1 aromatic carbocycles. The summed E-state index contributed by atoms with van der Waals surface area (Å²) in [5, 5.41) is 6.59. The third kappa shape index (κ3) is 4.90. The van der Waals surface area contributed by atoms with Crippen LogP contribution in [0.3, 0.4) is 0 Å². The lowest BCUT2D eigenvalue weighted by Crippen LogP contribution is -2.24. The number of hydrogen-bond donors (Lipinski definition) is 1. The van der Waals surface area contributed by atoms with Crippen molar-refractivity contribution in [3.8, 4) is 0 Å². The molecule has 1 N–H and O–H groups in total. The van der Waals surface area contributed by atoms with Crippen LogP contribution in [0.25, 0.3) is 6.08 Å². The van der Waals surface area contributed by atoms with Crippen LogP contribution >= 0.6 is 0 Å². The Balaban J connectivity index is 1.87. The SMILES string of the molecule is CNC(=O)COC(=O)/C=C/c1cnn(Cc2ccccc2)c1. The molecule has 114 valence electrons. The molecule has 0 saturated carbocycles. The van der Waals surface area contributed by atoms with Crippen molar-refractivity contribution in [1.82, 2.24) is 15.1 Å². The molecular weight excluding hydrogens is 282 g/mol. The van der Waals surface area contributed by atoms with Gasteiger partial charge in [-0.2, -0.15) is 5.10 Å². The first kappa shape index (κ1) is 15.5. The van der Waals surface area contributed by atoms with E-state index in [4.69, 9.17) is 4.74 Å². The van der Waals surface area contributed by atoms with Gasteiger partial charge in [-0.15, -0.1) is 0 Å². The van der Waals surface area contributed by atoms with Gasteiger partial charge in [0.15, 0.2) is 6.61 Å². The monoisotopic (exact) mass is 299 g/mol. The van der Waals surface area contributed by atoms with Crippen molar-refractivity contribution < 1.29 is 14.3 Å². The predicted octanol–water partition coefficient (Wildman–Crippen LogP) is 1.23. The summed E-state index contributed by atoms with van der Waals surface area (Å²) in [6.07, 6.45) is 6.36. The zero-order chi connectivity index (χ0) is 15.8. The summed E-state index contributed by atoms with van der Waals surface area (Å²) in [4.78, 5) is 22.4. The average Bonchev–Trinajstić information content (AvgIpc) is 2.99. The molecule has 1 heterocycles. The van der Waals surface area contributed by atoms with E-state index < -0.39 is 5.97 Å². The van der Waals surface area contributed by atoms with Crippen LogP contribution in [-0.2, 0) is 20.9 Å². The van der Waals surface area contributed by atoms with Crippen LogP contribution in [0.15, 0.2) is 48.8 Å². The predicted molar refractivity (Wildman–Crippen MR) is 81.8 cm³/mol. The van der Waals surface area contributed by atoms with Gasteiger partial charge in [-0.1, -0.05) is 30.3 Å². The molecule has 2 aromatic rings. The van der Waals surface area contributed by atoms with E-state index in [-0.39, 0.29) is 12.5 Å². The summed E-state index contributed by atoms with van der Waals surface area (Å²) in [6, 6.07) is 9.95. The van der Waals surface area contributed by atoms with Gasteiger partial charge in [0.1, 0.15) is 0 Å². The minimum absolute atomic E-state index is 0.285. The quantitative estimate of drug-likeness (QED) is 0.643. The van der Waals surface area contributed by atoms with Gasteiger partial charge in [-0.3, -0.25) is 9.48 Å². The van der Waals surface area contributed by atoms with Crippen LogP contribution < -0.4 is 5.32 Å². The molecule has 0 aliphatic carbocycles. The smallest absolute Gasteiger partial charge is 0.331 e. The van der Waals surface area contributed by atoms with Gasteiger partial charge < -0.3 is 10.1 Å². The molecule has 6 nitrogen and oxygen atoms in total. The van der Waals surface area contributed by atoms with Gasteiger partial charge in [-0.05, 0) is 11.6 Å². The van der Waals surface area contributed by atoms with E-state index in [0.29, 0.717) is 6.54 Å². The number of carbonyl (C=O) groups excluding carboxylic acids is 2. The number of amides is 1. The molecule has 0 unspecified atom stereocenters. The number of benzene rings is 1. The van der Waals surface area contributed by atoms with Gasteiger partial charge in [0, 0.05) is 24.9 Å². The molecule has 0 aliphatic heterocycles. The number of hydrogen-bond acceptors (Lipinski definition) is 4. The van der Waals surface area contributed by atoms with Crippen molar-refractivity contribution in [2.75, 3.05) is 13.7 Å². The summed E-state index contributed by atoms with van der Waals surface area (Å²) in [5.41, 5.74) is 1.93. The molecule has 2 rings (SSSR count). The lowest BCUT2D eigenvalue weighted by Gasteiger charge is -2.00. The van der Waals surface area contributed by atoms with E-state index in [1.54, 1.807) is 17.0 Å². The van der Waals surface area contributed by atoms with Gasteiger partial charge >= 0.3 is 5.97 Å². The van der Waals surface area contributed by atoms with Crippen LogP contribution in [0.1, 0.15) is 11.1 Å². The second-order valence-corrected chi connectivity index (χ2v) is 4.57. The minimum Gasteiger partial charge on any atom is -0.452 e. The highest BCUT2D eigenvalue weighted by Gasteiger charge is 2.03. The number of likely N-dealkylation sites (N-methyl/N-ethyl adjacent to an activating group) is 1. The van der Waals surface area contributed by atoms with Crippen molar-refractivity contribution in [3.63, 3.8) is 0 Å². The zero-order valence-electron chi connectivity index (χ0n) is 12.2. The van der Waals surface area contributed by atoms with Crippen LogP contribution in [-0.4, -0.2) is 35.3 Å². The van der Waals surface area contributed by atoms with Gasteiger partial charge in [0.25, 0.3) is 5.91 Å². The summed E-state index contributed by atoms with van der Waals surface area (Å²) >= 11 is 0. The van der Waals surface area contributed by atoms with Gasteiger partial charge in [-0.25, -0.2) is 4.79 Å². The van der Waals surface area contributed by atoms with E-state index in [1.807, 2.05) is 36.5 Å². The molecule has 0 aliphatic rings. The normalized spacial score (nSPS) is 10.6. The summed E-state index contributed by atoms with van der Waals surface area (Å²) < 4.78 is 6.54. The fourth-order valence-corrected chi connectivity index (χ4v) is 1.74. The highest BCUT2D eigenvalue weighted by Crippen LogP contribution is 2.05. The minimum atomic E-state index is -0.570. The maximum absolute atomic E-state index is 11.4. The summed E-state index contributed by atoms with van der Waals surface area (Å²) in [7, 11) is 1.48. The van der Waals surface area contributed by atoms with Crippen LogP contribution in [0.4, 0.5) is 0 Å². The molecule has 1 aromatic heterocycles. The fraction of sp³-hybridized carbons (Fsp3) is 0.188. The van der Waals surface area contributed by atoms with Crippen molar-refractivity contribution in [1.29, 1.82) is 0 Å². The molecule has 0 spiro atoms. The van der Waals surface area contributed by atoms with Gasteiger partial charge in [0.2, 0.25) is 0 Å². The van der Waals surface area contributed by atoms with E-state index in [1.165, 1.54) is 13.1 Å². The van der Waals surface area contributed by atoms with Crippen molar-refractivity contribution in [2.24, 2.45) is 0 Å². The largest absolute Gasteiger partial charge is 0.452 e. The van der Waals surface area contributed by atoms with E-state index >= 15 is 0 Å². The first-order valence-electron chi connectivity index (χ1n) is 6.79.